The number of nitrogens with zero attached hydrogens (tertiary/aromatic N) is 1. The molecule has 0 radical (unpaired) electrons. The second-order valence-corrected chi connectivity index (χ2v) is 6.83. The van der Waals surface area contributed by atoms with E-state index in [-0.39, 0.29) is 0 Å². The third-order valence-electron chi connectivity index (χ3n) is 5.44. The Kier molecular flexibility index (Phi) is 5.08. The van der Waals surface area contributed by atoms with Gasteiger partial charge >= 0.3 is 0 Å². The maximum absolute atomic E-state index is 3.73. The molecule has 18 heavy (non-hydrogen) atoms. The molecule has 1 heterocycles. The minimum Gasteiger partial charge on any atom is -0.312 e. The fourth-order valence-electron chi connectivity index (χ4n) is 4.04. The first-order valence-corrected chi connectivity index (χ1v) is 8.11. The van der Waals surface area contributed by atoms with Crippen LogP contribution in [0.2, 0.25) is 0 Å². The molecule has 0 amide bonds. The largest absolute Gasteiger partial charge is 0.312 e. The Morgan fingerprint density at radius 1 is 1.28 bits per heavy atom. The van der Waals surface area contributed by atoms with Gasteiger partial charge in [0.1, 0.15) is 0 Å². The Labute approximate surface area is 114 Å². The van der Waals surface area contributed by atoms with E-state index < -0.39 is 0 Å². The van der Waals surface area contributed by atoms with Crippen molar-refractivity contribution in [2.45, 2.75) is 65.5 Å². The number of nitrogens with one attached hydrogen (secondary N) is 1. The molecule has 2 nitrogen and oxygen atoms in total. The lowest BCUT2D eigenvalue weighted by molar-refractivity contribution is 0.143. The van der Waals surface area contributed by atoms with Gasteiger partial charge in [0.2, 0.25) is 0 Å². The maximum atomic E-state index is 3.73. The predicted molar refractivity (Wildman–Crippen MR) is 78.8 cm³/mol. The molecule has 0 bridgehead atoms. The Morgan fingerprint density at radius 2 is 2.06 bits per heavy atom. The molecule has 2 heteroatoms. The smallest absolute Gasteiger partial charge is 0.0218 e. The van der Waals surface area contributed by atoms with Crippen LogP contribution in [0.3, 0.4) is 0 Å². The van der Waals surface area contributed by atoms with Gasteiger partial charge in [-0.25, -0.2) is 0 Å². The fourth-order valence-corrected chi connectivity index (χ4v) is 4.04. The molecule has 2 rings (SSSR count). The van der Waals surface area contributed by atoms with Crippen LogP contribution >= 0.6 is 0 Å². The van der Waals surface area contributed by atoms with Crippen LogP contribution in [0.5, 0.6) is 0 Å². The van der Waals surface area contributed by atoms with E-state index >= 15 is 0 Å². The molecule has 1 aliphatic heterocycles. The monoisotopic (exact) mass is 252 g/mol. The summed E-state index contributed by atoms with van der Waals surface area (Å²) in [6.45, 7) is 13.4. The van der Waals surface area contributed by atoms with Gasteiger partial charge in [0.15, 0.2) is 0 Å². The summed E-state index contributed by atoms with van der Waals surface area (Å²) in [6, 6.07) is 1.55. The van der Waals surface area contributed by atoms with Crippen LogP contribution < -0.4 is 5.32 Å². The van der Waals surface area contributed by atoms with Gasteiger partial charge in [0.25, 0.3) is 0 Å². The molecule has 0 spiro atoms. The Bertz CT molecular complexity index is 251. The van der Waals surface area contributed by atoms with E-state index in [9.17, 15) is 0 Å². The maximum Gasteiger partial charge on any atom is 0.0218 e. The highest BCUT2D eigenvalue weighted by Crippen LogP contribution is 2.37. The van der Waals surface area contributed by atoms with E-state index in [0.29, 0.717) is 6.04 Å². The van der Waals surface area contributed by atoms with Crippen LogP contribution in [-0.4, -0.2) is 36.6 Å². The topological polar surface area (TPSA) is 15.3 Å². The second kappa shape index (κ2) is 6.38. The SMILES string of the molecule is CCC1CCC(N2CCCNC(C(C)C)C2)C1C. The van der Waals surface area contributed by atoms with Crippen molar-refractivity contribution < 1.29 is 0 Å². The van der Waals surface area contributed by atoms with Crippen molar-refractivity contribution in [3.8, 4) is 0 Å². The molecule has 4 atom stereocenters. The third kappa shape index (κ3) is 3.08. The summed E-state index contributed by atoms with van der Waals surface area (Å²) in [4.78, 5) is 2.81. The van der Waals surface area contributed by atoms with E-state index in [1.165, 1.54) is 45.3 Å². The first kappa shape index (κ1) is 14.3. The average Bonchev–Trinajstić information content (AvgIpc) is 2.58. The molecule has 1 saturated heterocycles. The third-order valence-corrected chi connectivity index (χ3v) is 5.44. The normalized spacial score (nSPS) is 39.2. The van der Waals surface area contributed by atoms with Crippen molar-refractivity contribution >= 4 is 0 Å². The fraction of sp³-hybridized carbons (Fsp3) is 1.00. The van der Waals surface area contributed by atoms with Crippen LogP contribution in [0, 0.1) is 17.8 Å². The minimum atomic E-state index is 0.695. The van der Waals surface area contributed by atoms with Crippen molar-refractivity contribution in [3.05, 3.63) is 0 Å². The van der Waals surface area contributed by atoms with Gasteiger partial charge < -0.3 is 5.32 Å². The number of hydrogen-bond acceptors (Lipinski definition) is 2. The minimum absolute atomic E-state index is 0.695. The molecule has 2 aliphatic rings. The standard InChI is InChI=1S/C16H32N2/c1-5-14-7-8-16(13(14)4)18-10-6-9-17-15(11-18)12(2)3/h12-17H,5-11H2,1-4H3. The van der Waals surface area contributed by atoms with E-state index in [4.69, 9.17) is 0 Å². The highest BCUT2D eigenvalue weighted by Gasteiger charge is 2.36. The summed E-state index contributed by atoms with van der Waals surface area (Å²) >= 11 is 0. The lowest BCUT2D eigenvalue weighted by atomic mass is 9.92. The van der Waals surface area contributed by atoms with E-state index in [1.807, 2.05) is 0 Å². The van der Waals surface area contributed by atoms with Crippen LogP contribution in [0.25, 0.3) is 0 Å². The first-order chi connectivity index (χ1) is 8.63. The highest BCUT2D eigenvalue weighted by molar-refractivity contribution is 4.91. The average molecular weight is 252 g/mol. The summed E-state index contributed by atoms with van der Waals surface area (Å²) in [5, 5.41) is 3.73. The second-order valence-electron chi connectivity index (χ2n) is 6.83. The molecule has 106 valence electrons. The van der Waals surface area contributed by atoms with Gasteiger partial charge in [0.05, 0.1) is 0 Å². The molecule has 1 saturated carbocycles. The van der Waals surface area contributed by atoms with Gasteiger partial charge in [-0.2, -0.15) is 0 Å². The van der Waals surface area contributed by atoms with Crippen molar-refractivity contribution in [1.29, 1.82) is 0 Å². The molecule has 2 fully saturated rings. The van der Waals surface area contributed by atoms with E-state index in [1.54, 1.807) is 0 Å². The van der Waals surface area contributed by atoms with Crippen LogP contribution in [0.1, 0.15) is 53.4 Å². The summed E-state index contributed by atoms with van der Waals surface area (Å²) in [6.07, 6.45) is 5.59. The van der Waals surface area contributed by atoms with Gasteiger partial charge in [-0.1, -0.05) is 34.1 Å². The quantitative estimate of drug-likeness (QED) is 0.830. The van der Waals surface area contributed by atoms with Crippen molar-refractivity contribution in [2.24, 2.45) is 17.8 Å². The van der Waals surface area contributed by atoms with Crippen LogP contribution in [0.4, 0.5) is 0 Å². The molecule has 0 aromatic heterocycles. The zero-order chi connectivity index (χ0) is 13.1. The zero-order valence-electron chi connectivity index (χ0n) is 12.8. The first-order valence-electron chi connectivity index (χ1n) is 8.11. The van der Waals surface area contributed by atoms with Gasteiger partial charge in [0, 0.05) is 18.6 Å². The molecule has 4 unspecified atom stereocenters. The predicted octanol–water partition coefficient (Wildman–Crippen LogP) is 3.13. The molecular weight excluding hydrogens is 220 g/mol. The van der Waals surface area contributed by atoms with Crippen molar-refractivity contribution in [2.75, 3.05) is 19.6 Å². The summed E-state index contributed by atoms with van der Waals surface area (Å²) in [5.41, 5.74) is 0. The Balaban J connectivity index is 1.98. The molecular formula is C16H32N2. The summed E-state index contributed by atoms with van der Waals surface area (Å²) in [5.74, 6) is 2.63. The van der Waals surface area contributed by atoms with Gasteiger partial charge in [-0.15, -0.1) is 0 Å². The van der Waals surface area contributed by atoms with Crippen LogP contribution in [-0.2, 0) is 0 Å². The van der Waals surface area contributed by atoms with E-state index in [2.05, 4.69) is 37.9 Å². The summed E-state index contributed by atoms with van der Waals surface area (Å²) in [7, 11) is 0. The van der Waals surface area contributed by atoms with Gasteiger partial charge in [-0.05, 0) is 50.1 Å². The Morgan fingerprint density at radius 3 is 2.67 bits per heavy atom. The van der Waals surface area contributed by atoms with E-state index in [0.717, 1.165) is 23.8 Å². The number of hydrogen-bond donors (Lipinski definition) is 1. The summed E-state index contributed by atoms with van der Waals surface area (Å²) < 4.78 is 0. The molecule has 1 aliphatic carbocycles. The lowest BCUT2D eigenvalue weighted by Gasteiger charge is -2.34. The lowest BCUT2D eigenvalue weighted by Crippen LogP contribution is -2.46. The van der Waals surface area contributed by atoms with Crippen molar-refractivity contribution in [1.82, 2.24) is 10.2 Å². The molecule has 0 aromatic rings. The van der Waals surface area contributed by atoms with Crippen LogP contribution in [0.15, 0.2) is 0 Å². The highest BCUT2D eigenvalue weighted by atomic mass is 15.2. The molecule has 1 N–H and O–H groups in total. The number of rotatable bonds is 3. The molecule has 0 aromatic carbocycles. The van der Waals surface area contributed by atoms with Crippen molar-refractivity contribution in [3.63, 3.8) is 0 Å². The Hall–Kier alpha value is -0.0800. The zero-order valence-corrected chi connectivity index (χ0v) is 12.8. The van der Waals surface area contributed by atoms with Gasteiger partial charge in [-0.3, -0.25) is 4.90 Å².